The molecule has 7 aromatic carbocycles. The maximum Gasteiger partial charge on any atom is 0.367 e. The number of hydrogen-bond donors (Lipinski definition) is 0. The minimum atomic E-state index is -3.03. The van der Waals surface area contributed by atoms with Crippen LogP contribution in [0.5, 0.6) is 11.8 Å². The van der Waals surface area contributed by atoms with Crippen LogP contribution in [0.4, 0.5) is 0 Å². The lowest BCUT2D eigenvalue weighted by atomic mass is 9.79. The Balaban J connectivity index is 1.05. The van der Waals surface area contributed by atoms with Crippen molar-refractivity contribution in [1.29, 1.82) is 21.0 Å². The van der Waals surface area contributed by atoms with E-state index in [0.717, 1.165) is 59.1 Å². The molecule has 0 radical (unpaired) electrons. The highest BCUT2D eigenvalue weighted by atomic mass is 32.1. The first-order valence-electron chi connectivity index (χ1n) is 27.7. The third-order valence-electron chi connectivity index (χ3n) is 15.4. The van der Waals surface area contributed by atoms with Gasteiger partial charge in [-0.2, -0.15) is 21.0 Å². The summed E-state index contributed by atoms with van der Waals surface area (Å²) in [5, 5.41) is 38.9. The molecule has 2 aliphatic carbocycles. The molecule has 4 heterocycles. The number of esters is 4. The van der Waals surface area contributed by atoms with E-state index in [2.05, 4.69) is 9.97 Å². The summed E-state index contributed by atoms with van der Waals surface area (Å²) in [7, 11) is 0. The van der Waals surface area contributed by atoms with E-state index in [0.29, 0.717) is 22.3 Å². The minimum Gasteiger partial charge on any atom is -0.457 e. The number of thiazole rings is 2. The molecule has 0 atom stereocenters. The van der Waals surface area contributed by atoms with Crippen LogP contribution >= 0.6 is 22.7 Å². The van der Waals surface area contributed by atoms with Gasteiger partial charge in [-0.1, -0.05) is 121 Å². The normalized spacial score (nSPS) is 13.9. The van der Waals surface area contributed by atoms with Gasteiger partial charge in [-0.15, -0.1) is 22.7 Å². The average Bonchev–Trinajstić information content (AvgIpc) is 1.13. The van der Waals surface area contributed by atoms with Gasteiger partial charge < -0.3 is 28.4 Å². The number of nitrogens with zero attached hydrogens (tertiary/aromatic N) is 6. The number of benzene rings is 7. The molecule has 0 saturated heterocycles. The highest BCUT2D eigenvalue weighted by Crippen LogP contribution is 2.57. The number of rotatable bonds is 14. The lowest BCUT2D eigenvalue weighted by molar-refractivity contribution is -0.185. The van der Waals surface area contributed by atoms with Gasteiger partial charge in [-0.3, -0.25) is 19.2 Å². The van der Waals surface area contributed by atoms with E-state index >= 15 is 19.2 Å². The van der Waals surface area contributed by atoms with Crippen molar-refractivity contribution >= 4 is 81.8 Å². The first-order valence-corrected chi connectivity index (χ1v) is 29.3. The Morgan fingerprint density at radius 1 is 0.402 bits per heavy atom. The van der Waals surface area contributed by atoms with E-state index < -0.39 is 108 Å². The molecule has 0 spiro atoms. The van der Waals surface area contributed by atoms with E-state index in [-0.39, 0.29) is 86.5 Å². The Kier molecular flexibility index (Phi) is 14.9. The highest BCUT2D eigenvalue weighted by molar-refractivity contribution is 7.17. The zero-order valence-corrected chi connectivity index (χ0v) is 48.8. The summed E-state index contributed by atoms with van der Waals surface area (Å²) in [5.74, 6) is -9.62. The molecule has 0 unspecified atom stereocenters. The van der Waals surface area contributed by atoms with Crippen LogP contribution < -0.4 is 9.47 Å². The van der Waals surface area contributed by atoms with Crippen molar-refractivity contribution in [2.75, 3.05) is 0 Å². The Labute approximate surface area is 528 Å². The van der Waals surface area contributed by atoms with Crippen molar-refractivity contribution in [3.8, 4) is 56.9 Å². The van der Waals surface area contributed by atoms with Gasteiger partial charge in [-0.05, 0) is 70.8 Å². The van der Waals surface area contributed by atoms with Crippen LogP contribution in [0.3, 0.4) is 0 Å². The number of carbonyl (C=O) groups is 8. The smallest absolute Gasteiger partial charge is 0.367 e. The summed E-state index contributed by atoms with van der Waals surface area (Å²) in [6.07, 6.45) is 2.27. The second-order valence-electron chi connectivity index (χ2n) is 20.9. The number of aromatic nitrogens is 2. The largest absolute Gasteiger partial charge is 0.457 e. The predicted molar refractivity (Wildman–Crippen MR) is 323 cm³/mol. The molecule has 0 N–H and O–H groups in total. The van der Waals surface area contributed by atoms with Crippen molar-refractivity contribution in [2.45, 2.75) is 37.6 Å². The Morgan fingerprint density at radius 2 is 0.663 bits per heavy atom. The summed E-state index contributed by atoms with van der Waals surface area (Å²) in [5.41, 5.74) is -7.19. The van der Waals surface area contributed by atoms with Gasteiger partial charge in [0.25, 0.3) is 0 Å². The Bertz CT molecular complexity index is 4460. The van der Waals surface area contributed by atoms with Crippen molar-refractivity contribution in [1.82, 2.24) is 9.97 Å². The maximum atomic E-state index is 15.6. The molecule has 0 saturated carbocycles. The van der Waals surface area contributed by atoms with Gasteiger partial charge in [-0.25, -0.2) is 29.1 Å². The second kappa shape index (κ2) is 23.5. The zero-order chi connectivity index (χ0) is 64.0. The SMILES string of the molecule is N#Cc1cc2c(cc1C#N)C(=O)C(=Cc1nc3c(s1)-c1cc4c(cc1C(C(=O)OCc1ccccc1)(C(=O)OCc1ccccc1)O3)-c1sc(C=C3C(=O)c5cc(C#N)c(C#N)cc5C3=O)nc1OC4(C(=O)OCc1ccccc1)C(=O)OCc1ccccc1)C2=O. The van der Waals surface area contributed by atoms with Gasteiger partial charge in [0.1, 0.15) is 60.7 Å². The Hall–Kier alpha value is -12.6. The summed E-state index contributed by atoms with van der Waals surface area (Å²) in [6.45, 7) is -1.74. The summed E-state index contributed by atoms with van der Waals surface area (Å²) < 4.78 is 37.5. The molecule has 4 aliphatic rings. The van der Waals surface area contributed by atoms with Crippen LogP contribution in [0.15, 0.2) is 169 Å². The predicted octanol–water partition coefficient (Wildman–Crippen LogP) is 10.5. The number of ether oxygens (including phenoxy) is 6. The van der Waals surface area contributed by atoms with Crippen LogP contribution in [-0.2, 0) is 75.8 Å². The van der Waals surface area contributed by atoms with Crippen molar-refractivity contribution in [3.63, 3.8) is 0 Å². The topological polar surface area (TPSA) is 313 Å². The van der Waals surface area contributed by atoms with Crippen LogP contribution in [0.1, 0.15) is 107 Å². The lowest BCUT2D eigenvalue weighted by Gasteiger charge is -2.38. The van der Waals surface area contributed by atoms with Crippen LogP contribution in [0, 0.1) is 45.3 Å². The monoisotopic (exact) mass is 1250 g/mol. The van der Waals surface area contributed by atoms with Gasteiger partial charge in [0, 0.05) is 44.5 Å². The maximum absolute atomic E-state index is 15.6. The fourth-order valence-corrected chi connectivity index (χ4v) is 12.8. The number of Topliss-reactive ketones (excluding diaryl/α,β-unsaturated/α-hetero) is 4. The molecule has 92 heavy (non-hydrogen) atoms. The molecular weight excluding hydrogens is 1210 g/mol. The lowest BCUT2D eigenvalue weighted by Crippen LogP contribution is -2.54. The van der Waals surface area contributed by atoms with Gasteiger partial charge in [0.2, 0.25) is 11.8 Å². The van der Waals surface area contributed by atoms with Crippen molar-refractivity contribution < 1.29 is 66.8 Å². The fraction of sp³-hybridized carbons (Fsp3) is 0.0857. The molecule has 2 aromatic heterocycles. The number of ketones is 4. The van der Waals surface area contributed by atoms with Crippen molar-refractivity contribution in [3.05, 3.63) is 257 Å². The van der Waals surface area contributed by atoms with Gasteiger partial charge in [0.15, 0.2) is 23.1 Å². The summed E-state index contributed by atoms with van der Waals surface area (Å²) in [6, 6.07) is 48.4. The van der Waals surface area contributed by atoms with Crippen LogP contribution in [-0.4, -0.2) is 57.0 Å². The van der Waals surface area contributed by atoms with Gasteiger partial charge in [0.05, 0.1) is 43.2 Å². The fourth-order valence-electron chi connectivity index (χ4n) is 10.9. The molecule has 0 fully saturated rings. The van der Waals surface area contributed by atoms with Crippen LogP contribution in [0.2, 0.25) is 0 Å². The number of nitriles is 4. The van der Waals surface area contributed by atoms with Crippen molar-refractivity contribution in [2.24, 2.45) is 0 Å². The first kappa shape index (κ1) is 58.4. The molecule has 9 aromatic rings. The van der Waals surface area contributed by atoms with Gasteiger partial charge >= 0.3 is 35.1 Å². The summed E-state index contributed by atoms with van der Waals surface area (Å²) >= 11 is 1.56. The number of carbonyl (C=O) groups excluding carboxylic acids is 8. The standard InChI is InChI=1S/C70H36N6O14S2/c71-29-41-21-45-46(22-42(41)30-72)58(78)51(57(45)77)27-55-75-63-61(91-55)49-26-54-50(25-53(49)69(89-63,65(81)85-33-37-13-5-1-6-14-37)66(82)86-34-38-15-7-2-8-16-38)62-64(76-56(92-62)28-52-59(79)47-23-43(31-73)44(32-74)24-48(47)60(52)80)90-70(54,67(83)87-35-39-17-9-3-10-18-39)68(84)88-36-40-19-11-4-12-20-40/h1-28H,33-36H2. The molecule has 22 heteroatoms. The molecular formula is C70H36N6O14S2. The molecule has 0 bridgehead atoms. The number of hydrogen-bond acceptors (Lipinski definition) is 22. The Morgan fingerprint density at radius 3 is 0.913 bits per heavy atom. The number of allylic oxidation sites excluding steroid dienone is 2. The molecule has 442 valence electrons. The minimum absolute atomic E-state index is 0.0207. The van der Waals surface area contributed by atoms with E-state index in [1.165, 1.54) is 12.1 Å². The summed E-state index contributed by atoms with van der Waals surface area (Å²) in [4.78, 5) is 128. The first-order chi connectivity index (χ1) is 44.7. The molecule has 0 amide bonds. The van der Waals surface area contributed by atoms with E-state index in [1.807, 2.05) is 24.3 Å². The quantitative estimate of drug-likeness (QED) is 0.0321. The third kappa shape index (κ3) is 9.92. The molecule has 20 nitrogen and oxygen atoms in total. The number of fused-ring (bicyclic) bond motifs is 8. The van der Waals surface area contributed by atoms with E-state index in [1.54, 1.807) is 121 Å². The zero-order valence-electron chi connectivity index (χ0n) is 47.2. The molecule has 2 aliphatic heterocycles. The highest BCUT2D eigenvalue weighted by Gasteiger charge is 2.63. The average molecular weight is 1250 g/mol. The van der Waals surface area contributed by atoms with Crippen LogP contribution in [0.25, 0.3) is 33.0 Å². The van der Waals surface area contributed by atoms with E-state index in [9.17, 15) is 40.2 Å². The third-order valence-corrected chi connectivity index (χ3v) is 17.5. The van der Waals surface area contributed by atoms with E-state index in [4.69, 9.17) is 28.4 Å². The second-order valence-corrected chi connectivity index (χ2v) is 23.0. The molecule has 13 rings (SSSR count).